The predicted molar refractivity (Wildman–Crippen MR) is 123 cm³/mol. The summed E-state index contributed by atoms with van der Waals surface area (Å²) in [5, 5.41) is 6.83. The molecule has 0 bridgehead atoms. The zero-order chi connectivity index (χ0) is 23.5. The summed E-state index contributed by atoms with van der Waals surface area (Å²) in [7, 11) is 0. The van der Waals surface area contributed by atoms with Crippen molar-refractivity contribution in [3.63, 3.8) is 0 Å². The molecule has 1 atom stereocenters. The van der Waals surface area contributed by atoms with Crippen molar-refractivity contribution in [3.05, 3.63) is 63.9 Å². The van der Waals surface area contributed by atoms with Gasteiger partial charge in [0.25, 0.3) is 11.8 Å². The fourth-order valence-corrected chi connectivity index (χ4v) is 4.58. The molecule has 2 aromatic rings. The van der Waals surface area contributed by atoms with Gasteiger partial charge in [-0.15, -0.1) is 16.7 Å². The zero-order valence-electron chi connectivity index (χ0n) is 16.9. The Hall–Kier alpha value is -3.08. The van der Waals surface area contributed by atoms with Crippen molar-refractivity contribution in [1.29, 1.82) is 0 Å². The number of hydrogen-bond acceptors (Lipinski definition) is 6. The van der Waals surface area contributed by atoms with Crippen LogP contribution in [0.15, 0.2) is 52.5 Å². The second kappa shape index (κ2) is 9.82. The van der Waals surface area contributed by atoms with E-state index < -0.39 is 35.5 Å². The Morgan fingerprint density at radius 1 is 1.18 bits per heavy atom. The molecule has 0 saturated heterocycles. The lowest BCUT2D eigenvalue weighted by Gasteiger charge is -2.23. The molecule has 1 unspecified atom stereocenters. The summed E-state index contributed by atoms with van der Waals surface area (Å²) >= 11 is 13.2. The first-order valence-corrected chi connectivity index (χ1v) is 11.4. The average molecular weight is 508 g/mol. The molecule has 1 aromatic heterocycles. The van der Waals surface area contributed by atoms with Gasteiger partial charge >= 0.3 is 11.9 Å². The Balaban J connectivity index is 1.48. The van der Waals surface area contributed by atoms with E-state index in [1.54, 1.807) is 29.7 Å². The minimum absolute atomic E-state index is 0.117. The van der Waals surface area contributed by atoms with Gasteiger partial charge in [0.05, 0.1) is 23.5 Å². The second-order valence-corrected chi connectivity index (χ2v) is 8.92. The molecule has 2 N–H and O–H groups in total. The van der Waals surface area contributed by atoms with Gasteiger partial charge in [0, 0.05) is 5.02 Å². The maximum Gasteiger partial charge on any atom is 0.501 e. The summed E-state index contributed by atoms with van der Waals surface area (Å²) < 4.78 is 6.33. The van der Waals surface area contributed by atoms with Gasteiger partial charge in [-0.1, -0.05) is 23.2 Å². The van der Waals surface area contributed by atoms with Crippen LogP contribution in [-0.2, 0) is 20.9 Å². The Bertz CT molecular complexity index is 1200. The quantitative estimate of drug-likeness (QED) is 0.557. The molecule has 2 aliphatic rings. The van der Waals surface area contributed by atoms with E-state index in [1.165, 1.54) is 34.7 Å². The summed E-state index contributed by atoms with van der Waals surface area (Å²) in [4.78, 5) is 51.8. The maximum absolute atomic E-state index is 13.1. The number of furan rings is 1. The number of urea groups is 1. The number of carbonyl (C=O) groups is 4. The lowest BCUT2D eigenvalue weighted by Crippen LogP contribution is -2.58. The van der Waals surface area contributed by atoms with Gasteiger partial charge in [-0.2, -0.15) is 9.37 Å². The molecule has 0 spiro atoms. The van der Waals surface area contributed by atoms with Crippen LogP contribution in [0.25, 0.3) is 0 Å². The van der Waals surface area contributed by atoms with E-state index in [2.05, 4.69) is 10.6 Å². The van der Waals surface area contributed by atoms with Crippen molar-refractivity contribution in [2.75, 3.05) is 18.4 Å². The Labute approximate surface area is 202 Å². The first kappa shape index (κ1) is 23.1. The number of hydrogen-bond donors (Lipinski definition) is 2. The number of imide groups is 1. The molecule has 2 aliphatic heterocycles. The first-order valence-electron chi connectivity index (χ1n) is 9.69. The standard InChI is InChI=1S/C21H16Cl2N4O5S/c22-12-3-4-14(23)15(8-12)25-18(29)11-26-16-5-7-33-19(16)20(30)27(21(26)31)10-17(28)24-9-13-2-1-6-32-13/h1-8,19H,9-11H2,(H-,24,25,28,29)/p+1. The van der Waals surface area contributed by atoms with Crippen molar-refractivity contribution < 1.29 is 28.2 Å². The molecule has 1 aromatic carbocycles. The summed E-state index contributed by atoms with van der Waals surface area (Å²) in [6.45, 7) is -0.747. The normalized spacial score (nSPS) is 17.4. The van der Waals surface area contributed by atoms with Gasteiger partial charge in [0.2, 0.25) is 0 Å². The van der Waals surface area contributed by atoms with Gasteiger partial charge in [0.1, 0.15) is 11.5 Å². The Morgan fingerprint density at radius 2 is 2.00 bits per heavy atom. The molecule has 5 amide bonds. The molecule has 0 saturated carbocycles. The lowest BCUT2D eigenvalue weighted by atomic mass is 10.1. The highest BCUT2D eigenvalue weighted by Gasteiger charge is 2.50. The van der Waals surface area contributed by atoms with Crippen molar-refractivity contribution in [2.24, 2.45) is 0 Å². The van der Waals surface area contributed by atoms with E-state index >= 15 is 0 Å². The van der Waals surface area contributed by atoms with E-state index in [0.29, 0.717) is 22.2 Å². The SMILES string of the molecule is O=C(CN1C(=O)C2SC=CC2=[N+](CC(=O)Nc2cc(Cl)ccc2Cl)C1=O)NCc1ccco1. The molecule has 0 aliphatic carbocycles. The number of nitrogens with one attached hydrogen (secondary N) is 2. The van der Waals surface area contributed by atoms with Gasteiger partial charge in [-0.05, 0) is 41.8 Å². The number of carbonyl (C=O) groups excluding carboxylic acids is 4. The van der Waals surface area contributed by atoms with Crippen LogP contribution < -0.4 is 10.6 Å². The fraction of sp³-hybridized carbons (Fsp3) is 0.190. The number of allylic oxidation sites excluding steroid dienone is 1. The highest BCUT2D eigenvalue weighted by Crippen LogP contribution is 2.28. The average Bonchev–Trinajstić information content (AvgIpc) is 3.47. The van der Waals surface area contributed by atoms with Crippen molar-refractivity contribution >= 4 is 70.1 Å². The van der Waals surface area contributed by atoms with E-state index in [9.17, 15) is 19.2 Å². The molecule has 12 heteroatoms. The molecule has 0 fully saturated rings. The number of benzene rings is 1. The van der Waals surface area contributed by atoms with E-state index in [0.717, 1.165) is 4.90 Å². The largest absolute Gasteiger partial charge is 0.501 e. The van der Waals surface area contributed by atoms with E-state index in [-0.39, 0.29) is 18.1 Å². The number of amides is 5. The summed E-state index contributed by atoms with van der Waals surface area (Å²) in [6.07, 6.45) is 3.08. The van der Waals surface area contributed by atoms with Crippen LogP contribution in [0.4, 0.5) is 10.5 Å². The molecular weight excluding hydrogens is 491 g/mol. The van der Waals surface area contributed by atoms with Crippen LogP contribution in [-0.4, -0.2) is 57.3 Å². The van der Waals surface area contributed by atoms with Gasteiger partial charge in [-0.3, -0.25) is 9.59 Å². The van der Waals surface area contributed by atoms with Crippen LogP contribution >= 0.6 is 35.0 Å². The Morgan fingerprint density at radius 3 is 2.76 bits per heavy atom. The van der Waals surface area contributed by atoms with Gasteiger partial charge in [-0.25, -0.2) is 4.79 Å². The number of fused-ring (bicyclic) bond motifs is 1. The van der Waals surface area contributed by atoms with Crippen LogP contribution in [0.2, 0.25) is 10.0 Å². The fourth-order valence-electron chi connectivity index (χ4n) is 3.28. The predicted octanol–water partition coefficient (Wildman–Crippen LogP) is 2.89. The maximum atomic E-state index is 13.1. The summed E-state index contributed by atoms with van der Waals surface area (Å²) in [5.41, 5.74) is 0.677. The van der Waals surface area contributed by atoms with Crippen molar-refractivity contribution in [3.8, 4) is 0 Å². The van der Waals surface area contributed by atoms with Gasteiger partial charge in [0.15, 0.2) is 18.3 Å². The molecule has 3 heterocycles. The number of thioether (sulfide) groups is 1. The molecule has 4 rings (SSSR count). The summed E-state index contributed by atoms with van der Waals surface area (Å²) in [5.74, 6) is -1.07. The van der Waals surface area contributed by atoms with Crippen LogP contribution in [0.5, 0.6) is 0 Å². The smallest absolute Gasteiger partial charge is 0.467 e. The van der Waals surface area contributed by atoms with E-state index in [1.807, 2.05) is 0 Å². The van der Waals surface area contributed by atoms with Crippen molar-refractivity contribution in [1.82, 2.24) is 10.2 Å². The van der Waals surface area contributed by atoms with Crippen LogP contribution in [0.3, 0.4) is 0 Å². The molecule has 33 heavy (non-hydrogen) atoms. The highest BCUT2D eigenvalue weighted by molar-refractivity contribution is 8.04. The molecule has 9 nitrogen and oxygen atoms in total. The number of halogens is 2. The second-order valence-electron chi connectivity index (χ2n) is 7.07. The minimum atomic E-state index is -0.765. The summed E-state index contributed by atoms with van der Waals surface area (Å²) in [6, 6.07) is 7.20. The highest BCUT2D eigenvalue weighted by atomic mass is 35.5. The molecular formula is C21H17Cl2N4O5S+. The monoisotopic (exact) mass is 507 g/mol. The first-order chi connectivity index (χ1) is 15.8. The molecule has 0 radical (unpaired) electrons. The van der Waals surface area contributed by atoms with Crippen LogP contribution in [0, 0.1) is 0 Å². The molecule has 170 valence electrons. The number of rotatable bonds is 7. The topological polar surface area (TPSA) is 112 Å². The Kier molecular flexibility index (Phi) is 6.87. The number of anilines is 1. The van der Waals surface area contributed by atoms with Crippen molar-refractivity contribution in [2.45, 2.75) is 11.8 Å². The van der Waals surface area contributed by atoms with Gasteiger partial charge < -0.3 is 15.1 Å². The minimum Gasteiger partial charge on any atom is -0.467 e. The zero-order valence-corrected chi connectivity index (χ0v) is 19.2. The van der Waals surface area contributed by atoms with E-state index in [4.69, 9.17) is 27.6 Å². The lowest BCUT2D eigenvalue weighted by molar-refractivity contribution is -0.425. The third kappa shape index (κ3) is 5.13. The third-order valence-corrected chi connectivity index (χ3v) is 6.40. The van der Waals surface area contributed by atoms with Crippen LogP contribution in [0.1, 0.15) is 5.76 Å². The number of nitrogens with zero attached hydrogens (tertiary/aromatic N) is 2. The third-order valence-electron chi connectivity index (χ3n) is 4.83.